The van der Waals surface area contributed by atoms with E-state index in [1.807, 2.05) is 0 Å². The van der Waals surface area contributed by atoms with Crippen molar-refractivity contribution in [1.82, 2.24) is 4.90 Å². The van der Waals surface area contributed by atoms with Gasteiger partial charge >= 0.3 is 0 Å². The van der Waals surface area contributed by atoms with Gasteiger partial charge in [-0.3, -0.25) is 4.79 Å². The summed E-state index contributed by atoms with van der Waals surface area (Å²) < 4.78 is 5.49. The Balaban J connectivity index is 2.44. The summed E-state index contributed by atoms with van der Waals surface area (Å²) in [5, 5.41) is 20.5. The van der Waals surface area contributed by atoms with Crippen molar-refractivity contribution >= 4 is 39.6 Å². The number of ether oxygens (including phenoxy) is 1. The molecule has 8 heteroatoms. The third-order valence-corrected chi connectivity index (χ3v) is 5.12. The summed E-state index contributed by atoms with van der Waals surface area (Å²) in [6.07, 6.45) is 0. The van der Waals surface area contributed by atoms with E-state index < -0.39 is 17.4 Å². The highest BCUT2D eigenvalue weighted by atomic mass is 79.9. The van der Waals surface area contributed by atoms with Crippen molar-refractivity contribution in [2.45, 2.75) is 18.3 Å². The van der Waals surface area contributed by atoms with E-state index in [0.29, 0.717) is 10.0 Å². The van der Waals surface area contributed by atoms with Crippen LogP contribution in [0.15, 0.2) is 16.6 Å². The molecule has 1 heterocycles. The molecule has 0 aliphatic carbocycles. The first kappa shape index (κ1) is 16.0. The quantitative estimate of drug-likeness (QED) is 0.844. The van der Waals surface area contributed by atoms with Crippen molar-refractivity contribution in [1.29, 1.82) is 0 Å². The van der Waals surface area contributed by atoms with Crippen molar-refractivity contribution in [3.8, 4) is 11.5 Å². The van der Waals surface area contributed by atoms with Crippen LogP contribution in [0.3, 0.4) is 0 Å². The van der Waals surface area contributed by atoms with Gasteiger partial charge in [0, 0.05) is 12.7 Å². The first-order chi connectivity index (χ1) is 9.86. The van der Waals surface area contributed by atoms with Crippen LogP contribution in [0.5, 0.6) is 11.5 Å². The molecule has 1 aliphatic rings. The average molecular weight is 375 g/mol. The van der Waals surface area contributed by atoms with E-state index in [4.69, 9.17) is 4.74 Å². The molecule has 1 aromatic rings. The predicted molar refractivity (Wildman–Crippen MR) is 78.9 cm³/mol. The Bertz CT molecular complexity index is 594. The second-order valence-corrected chi connectivity index (χ2v) is 6.47. The zero-order valence-corrected chi connectivity index (χ0v) is 13.7. The molecule has 0 bridgehead atoms. The second-order valence-electron chi connectivity index (χ2n) is 4.50. The summed E-state index contributed by atoms with van der Waals surface area (Å²) in [7, 11) is 1.42. The van der Waals surface area contributed by atoms with Crippen LogP contribution in [0, 0.1) is 0 Å². The van der Waals surface area contributed by atoms with E-state index in [1.54, 1.807) is 12.1 Å². The Morgan fingerprint density at radius 1 is 1.52 bits per heavy atom. The number of thioether (sulfide) groups is 1. The van der Waals surface area contributed by atoms with E-state index >= 15 is 0 Å². The molecule has 1 amide bonds. The van der Waals surface area contributed by atoms with Gasteiger partial charge in [0.2, 0.25) is 5.91 Å². The van der Waals surface area contributed by atoms with Crippen LogP contribution >= 0.6 is 27.7 Å². The largest absolute Gasteiger partial charge is 0.548 e. The number of rotatable bonds is 3. The number of benzene rings is 1. The van der Waals surface area contributed by atoms with Crippen LogP contribution in [0.1, 0.15) is 17.9 Å². The normalized spacial score (nSPS) is 21.4. The fraction of sp³-hybridized carbons (Fsp3) is 0.385. The number of phenolic OH excluding ortho intramolecular Hbond substituents is 1. The number of hydrogen-bond acceptors (Lipinski definition) is 6. The fourth-order valence-electron chi connectivity index (χ4n) is 2.22. The van der Waals surface area contributed by atoms with Gasteiger partial charge in [-0.1, -0.05) is 0 Å². The monoisotopic (exact) mass is 374 g/mol. The zero-order chi connectivity index (χ0) is 15.7. The maximum atomic E-state index is 11.8. The maximum absolute atomic E-state index is 11.8. The molecule has 1 aromatic carbocycles. The predicted octanol–water partition coefficient (Wildman–Crippen LogP) is 0.876. The van der Waals surface area contributed by atoms with E-state index in [0.717, 1.165) is 0 Å². The summed E-state index contributed by atoms with van der Waals surface area (Å²) in [4.78, 5) is 24.2. The number of carbonyl (C=O) groups excluding carboxylic acids is 2. The van der Waals surface area contributed by atoms with Crippen LogP contribution in [0.2, 0.25) is 0 Å². The average Bonchev–Trinajstić information content (AvgIpc) is 2.86. The number of hydrogen-bond donors (Lipinski definition) is 1. The van der Waals surface area contributed by atoms with Gasteiger partial charge in [0.15, 0.2) is 11.5 Å². The zero-order valence-electron chi connectivity index (χ0n) is 11.3. The minimum absolute atomic E-state index is 0.0462. The summed E-state index contributed by atoms with van der Waals surface area (Å²) in [6, 6.07) is 2.27. The highest BCUT2D eigenvalue weighted by Crippen LogP contribution is 2.45. The van der Waals surface area contributed by atoms with Crippen molar-refractivity contribution in [2.75, 3.05) is 12.9 Å². The molecule has 21 heavy (non-hydrogen) atoms. The third-order valence-electron chi connectivity index (χ3n) is 3.19. The summed E-state index contributed by atoms with van der Waals surface area (Å²) in [5.41, 5.74) is 0.667. The SMILES string of the molecule is COc1cc([C@@H]2SC[C@H](C(=O)[O-])N2C(C)=O)cc(Br)c1O. The summed E-state index contributed by atoms with van der Waals surface area (Å²) in [5.74, 6) is -1.16. The van der Waals surface area contributed by atoms with Gasteiger partial charge in [-0.25, -0.2) is 0 Å². The molecule has 1 saturated heterocycles. The van der Waals surface area contributed by atoms with Gasteiger partial charge in [0.25, 0.3) is 0 Å². The van der Waals surface area contributed by atoms with E-state index in [9.17, 15) is 19.8 Å². The highest BCUT2D eigenvalue weighted by molar-refractivity contribution is 9.10. The van der Waals surface area contributed by atoms with Gasteiger partial charge in [-0.15, -0.1) is 11.8 Å². The topological polar surface area (TPSA) is 89.9 Å². The van der Waals surface area contributed by atoms with Crippen LogP contribution in [-0.4, -0.2) is 40.8 Å². The van der Waals surface area contributed by atoms with E-state index in [1.165, 1.54) is 30.7 Å². The summed E-state index contributed by atoms with van der Waals surface area (Å²) in [6.45, 7) is 1.32. The highest BCUT2D eigenvalue weighted by Gasteiger charge is 2.38. The number of phenols is 1. The lowest BCUT2D eigenvalue weighted by atomic mass is 10.1. The minimum Gasteiger partial charge on any atom is -0.548 e. The minimum atomic E-state index is -1.27. The lowest BCUT2D eigenvalue weighted by molar-refractivity contribution is -0.310. The molecule has 1 fully saturated rings. The molecule has 114 valence electrons. The number of carboxylic acid groups (broad SMARTS) is 1. The van der Waals surface area contributed by atoms with Crippen molar-refractivity contribution in [3.63, 3.8) is 0 Å². The molecule has 1 aliphatic heterocycles. The third kappa shape index (κ3) is 2.96. The maximum Gasteiger partial charge on any atom is 0.221 e. The Morgan fingerprint density at radius 3 is 2.71 bits per heavy atom. The number of halogens is 1. The second kappa shape index (κ2) is 6.15. The number of nitrogens with zero attached hydrogens (tertiary/aromatic N) is 1. The van der Waals surface area contributed by atoms with Crippen LogP contribution in [0.25, 0.3) is 0 Å². The van der Waals surface area contributed by atoms with Crippen molar-refractivity contribution in [3.05, 3.63) is 22.2 Å². The molecule has 0 unspecified atom stereocenters. The van der Waals surface area contributed by atoms with Gasteiger partial charge in [0.1, 0.15) is 5.37 Å². The van der Waals surface area contributed by atoms with E-state index in [2.05, 4.69) is 15.9 Å². The van der Waals surface area contributed by atoms with Crippen molar-refractivity contribution < 1.29 is 24.5 Å². The Morgan fingerprint density at radius 2 is 2.19 bits per heavy atom. The molecular weight excluding hydrogens is 362 g/mol. The number of carbonyl (C=O) groups is 2. The summed E-state index contributed by atoms with van der Waals surface area (Å²) >= 11 is 4.54. The number of methoxy groups -OCH3 is 1. The number of aromatic hydroxyl groups is 1. The molecule has 1 N–H and O–H groups in total. The Kier molecular flexibility index (Phi) is 4.67. The Hall–Kier alpha value is -1.41. The van der Waals surface area contributed by atoms with Gasteiger partial charge in [-0.2, -0.15) is 0 Å². The number of aliphatic carboxylic acids is 1. The molecular formula is C13H13BrNO5S-. The van der Waals surface area contributed by atoms with E-state index in [-0.39, 0.29) is 23.2 Å². The molecule has 0 spiro atoms. The molecule has 0 saturated carbocycles. The first-order valence-electron chi connectivity index (χ1n) is 6.04. The van der Waals surface area contributed by atoms with Gasteiger partial charge in [0.05, 0.1) is 23.6 Å². The molecule has 2 rings (SSSR count). The fourth-order valence-corrected chi connectivity index (χ4v) is 4.13. The molecule has 0 radical (unpaired) electrons. The molecule has 0 aromatic heterocycles. The van der Waals surface area contributed by atoms with Gasteiger partial charge < -0.3 is 24.6 Å². The lowest BCUT2D eigenvalue weighted by Gasteiger charge is -2.29. The lowest BCUT2D eigenvalue weighted by Crippen LogP contribution is -2.48. The van der Waals surface area contributed by atoms with Gasteiger partial charge in [-0.05, 0) is 33.6 Å². The van der Waals surface area contributed by atoms with Crippen LogP contribution < -0.4 is 9.84 Å². The first-order valence-corrected chi connectivity index (χ1v) is 7.88. The van der Waals surface area contributed by atoms with Crippen LogP contribution in [-0.2, 0) is 9.59 Å². The Labute approximate surface area is 134 Å². The number of amides is 1. The molecule has 2 atom stereocenters. The molecule has 6 nitrogen and oxygen atoms in total. The van der Waals surface area contributed by atoms with Crippen molar-refractivity contribution in [2.24, 2.45) is 0 Å². The van der Waals surface area contributed by atoms with Crippen LogP contribution in [0.4, 0.5) is 0 Å². The standard InChI is InChI=1S/C13H14BrNO5S/c1-6(16)15-9(13(18)19)5-21-12(15)7-3-8(14)11(17)10(4-7)20-2/h3-4,9,12,17H,5H2,1-2H3,(H,18,19)/p-1/t9-,12+/m1/s1. The number of carboxylic acids is 1. The smallest absolute Gasteiger partial charge is 0.221 e.